The van der Waals surface area contributed by atoms with Crippen molar-refractivity contribution in [3.8, 4) is 0 Å². The van der Waals surface area contributed by atoms with Crippen molar-refractivity contribution in [2.24, 2.45) is 5.92 Å². The molecule has 0 amide bonds. The minimum atomic E-state index is -4.05. The van der Waals surface area contributed by atoms with E-state index < -0.39 is 7.60 Å². The van der Waals surface area contributed by atoms with Gasteiger partial charge >= 0.3 is 13.6 Å². The third-order valence-corrected chi connectivity index (χ3v) is 4.59. The number of hydrogen-bond donors (Lipinski definition) is 2. The Bertz CT molecular complexity index is 326. The fourth-order valence-corrected chi connectivity index (χ4v) is 2.99. The predicted molar refractivity (Wildman–Crippen MR) is 88.9 cm³/mol. The van der Waals surface area contributed by atoms with E-state index in [4.69, 9.17) is 14.5 Å². The van der Waals surface area contributed by atoms with Crippen LogP contribution in [-0.4, -0.2) is 28.5 Å². The summed E-state index contributed by atoms with van der Waals surface area (Å²) in [5.74, 6) is -0.669. The van der Waals surface area contributed by atoms with Crippen LogP contribution in [0.5, 0.6) is 0 Å². The summed E-state index contributed by atoms with van der Waals surface area (Å²) in [7, 11) is -4.05. The molecule has 0 aromatic heterocycles. The molecular formula is C16H33O5P. The van der Waals surface area contributed by atoms with E-state index in [0.717, 1.165) is 51.4 Å². The molecule has 0 aromatic carbocycles. The summed E-state index contributed by atoms with van der Waals surface area (Å²) < 4.78 is 16.3. The number of ether oxygens (including phenoxy) is 1. The van der Waals surface area contributed by atoms with Crippen molar-refractivity contribution in [1.29, 1.82) is 0 Å². The van der Waals surface area contributed by atoms with Crippen LogP contribution in [0, 0.1) is 5.92 Å². The summed E-state index contributed by atoms with van der Waals surface area (Å²) in [4.78, 5) is 30.1. The molecule has 0 radical (unpaired) electrons. The Morgan fingerprint density at radius 2 is 1.55 bits per heavy atom. The van der Waals surface area contributed by atoms with E-state index >= 15 is 0 Å². The molecular weight excluding hydrogens is 303 g/mol. The van der Waals surface area contributed by atoms with E-state index in [2.05, 4.69) is 13.8 Å². The molecule has 0 heterocycles. The molecule has 132 valence electrons. The van der Waals surface area contributed by atoms with Crippen LogP contribution in [-0.2, 0) is 14.1 Å². The van der Waals surface area contributed by atoms with Crippen LogP contribution >= 0.6 is 7.60 Å². The minimum Gasteiger partial charge on any atom is -0.465 e. The highest BCUT2D eigenvalue weighted by Gasteiger charge is 2.23. The van der Waals surface area contributed by atoms with Crippen LogP contribution in [0.3, 0.4) is 0 Å². The molecule has 0 aliphatic rings. The Hall–Kier alpha value is -0.380. The maximum absolute atomic E-state index is 12.1. The maximum Gasteiger partial charge on any atom is 0.325 e. The second-order valence-electron chi connectivity index (χ2n) is 5.95. The molecule has 0 bridgehead atoms. The third kappa shape index (κ3) is 13.3. The molecule has 0 fully saturated rings. The van der Waals surface area contributed by atoms with Gasteiger partial charge in [0.15, 0.2) is 0 Å². The Kier molecular flexibility index (Phi) is 12.9. The zero-order chi connectivity index (χ0) is 16.8. The van der Waals surface area contributed by atoms with E-state index in [0.29, 0.717) is 13.0 Å². The molecule has 0 aromatic rings. The normalized spacial score (nSPS) is 13.1. The van der Waals surface area contributed by atoms with Gasteiger partial charge in [0.25, 0.3) is 0 Å². The van der Waals surface area contributed by atoms with Crippen LogP contribution in [0.25, 0.3) is 0 Å². The van der Waals surface area contributed by atoms with Crippen LogP contribution in [0.2, 0.25) is 0 Å². The quantitative estimate of drug-likeness (QED) is 0.281. The van der Waals surface area contributed by atoms with Crippen LogP contribution < -0.4 is 0 Å². The van der Waals surface area contributed by atoms with Gasteiger partial charge in [0, 0.05) is 0 Å². The van der Waals surface area contributed by atoms with Gasteiger partial charge in [0.1, 0.15) is 0 Å². The van der Waals surface area contributed by atoms with Crippen molar-refractivity contribution in [2.75, 3.05) is 12.8 Å². The molecule has 2 N–H and O–H groups in total. The smallest absolute Gasteiger partial charge is 0.325 e. The first kappa shape index (κ1) is 21.6. The van der Waals surface area contributed by atoms with Crippen LogP contribution in [0.4, 0.5) is 0 Å². The number of carbonyl (C=O) groups excluding carboxylic acids is 1. The molecule has 0 aliphatic carbocycles. The van der Waals surface area contributed by atoms with Gasteiger partial charge in [-0.25, -0.2) is 0 Å². The van der Waals surface area contributed by atoms with Crippen molar-refractivity contribution >= 4 is 13.6 Å². The highest BCUT2D eigenvalue weighted by atomic mass is 31.2. The van der Waals surface area contributed by atoms with E-state index in [1.807, 2.05) is 0 Å². The average Bonchev–Trinajstić information content (AvgIpc) is 2.45. The Labute approximate surface area is 135 Å². The average molecular weight is 336 g/mol. The van der Waals surface area contributed by atoms with Gasteiger partial charge in [-0.15, -0.1) is 0 Å². The largest absolute Gasteiger partial charge is 0.465 e. The van der Waals surface area contributed by atoms with Crippen molar-refractivity contribution in [3.05, 3.63) is 0 Å². The summed E-state index contributed by atoms with van der Waals surface area (Å²) in [6.07, 6.45) is 9.01. The monoisotopic (exact) mass is 336 g/mol. The van der Waals surface area contributed by atoms with Gasteiger partial charge in [-0.05, 0) is 19.3 Å². The van der Waals surface area contributed by atoms with Gasteiger partial charge in [-0.1, -0.05) is 58.8 Å². The second-order valence-corrected chi connectivity index (χ2v) is 7.73. The van der Waals surface area contributed by atoms with E-state index in [-0.39, 0.29) is 24.5 Å². The summed E-state index contributed by atoms with van der Waals surface area (Å²) in [6.45, 7) is 4.66. The zero-order valence-electron chi connectivity index (χ0n) is 14.1. The molecule has 1 atom stereocenters. The van der Waals surface area contributed by atoms with Gasteiger partial charge < -0.3 is 14.5 Å². The van der Waals surface area contributed by atoms with Crippen LogP contribution in [0.15, 0.2) is 0 Å². The van der Waals surface area contributed by atoms with Crippen molar-refractivity contribution < 1.29 is 23.9 Å². The highest BCUT2D eigenvalue weighted by molar-refractivity contribution is 7.51. The van der Waals surface area contributed by atoms with E-state index in [1.54, 1.807) is 0 Å². The molecule has 0 aliphatic heterocycles. The van der Waals surface area contributed by atoms with Gasteiger partial charge in [0.2, 0.25) is 0 Å². The number of esters is 1. The molecule has 22 heavy (non-hydrogen) atoms. The molecule has 0 saturated carbocycles. The molecule has 1 unspecified atom stereocenters. The first-order valence-electron chi connectivity index (χ1n) is 8.62. The Morgan fingerprint density at radius 3 is 2.09 bits per heavy atom. The molecule has 6 heteroatoms. The fraction of sp³-hybridized carbons (Fsp3) is 0.938. The number of rotatable bonds is 14. The van der Waals surface area contributed by atoms with Gasteiger partial charge in [0.05, 0.1) is 18.7 Å². The summed E-state index contributed by atoms with van der Waals surface area (Å²) in [6, 6.07) is 0. The van der Waals surface area contributed by atoms with Gasteiger partial charge in [-0.3, -0.25) is 9.36 Å². The van der Waals surface area contributed by atoms with Gasteiger partial charge in [-0.2, -0.15) is 0 Å². The summed E-state index contributed by atoms with van der Waals surface area (Å²) >= 11 is 0. The number of unbranched alkanes of at least 4 members (excludes halogenated alkanes) is 6. The molecule has 5 nitrogen and oxygen atoms in total. The Morgan fingerprint density at radius 1 is 0.955 bits per heavy atom. The first-order valence-corrected chi connectivity index (χ1v) is 10.4. The topological polar surface area (TPSA) is 83.8 Å². The lowest BCUT2D eigenvalue weighted by Crippen LogP contribution is -2.20. The second kappa shape index (κ2) is 13.1. The lowest BCUT2D eigenvalue weighted by molar-refractivity contribution is -0.149. The summed E-state index contributed by atoms with van der Waals surface area (Å²) in [5, 5.41) is 0. The molecule has 0 saturated heterocycles. The highest BCUT2D eigenvalue weighted by Crippen LogP contribution is 2.37. The van der Waals surface area contributed by atoms with E-state index in [9.17, 15) is 9.36 Å². The Balaban J connectivity index is 4.17. The van der Waals surface area contributed by atoms with E-state index in [1.165, 1.54) is 0 Å². The van der Waals surface area contributed by atoms with Crippen molar-refractivity contribution in [1.82, 2.24) is 0 Å². The van der Waals surface area contributed by atoms with Crippen molar-refractivity contribution in [2.45, 2.75) is 78.1 Å². The lowest BCUT2D eigenvalue weighted by atomic mass is 9.98. The third-order valence-electron chi connectivity index (χ3n) is 3.75. The minimum absolute atomic E-state index is 0.212. The van der Waals surface area contributed by atoms with Crippen molar-refractivity contribution in [3.63, 3.8) is 0 Å². The number of hydrogen-bond acceptors (Lipinski definition) is 3. The van der Waals surface area contributed by atoms with Crippen LogP contribution in [0.1, 0.15) is 78.1 Å². The molecule has 0 spiro atoms. The standard InChI is InChI=1S/C16H33O5P/c1-3-5-7-9-11-15(12-14-22(18,19)20)16(17)21-13-10-8-6-4-2/h15H,3-14H2,1-2H3,(H2,18,19,20). The maximum atomic E-state index is 12.1. The lowest BCUT2D eigenvalue weighted by Gasteiger charge is -2.16. The first-order chi connectivity index (χ1) is 10.4. The SMILES string of the molecule is CCCCCCOC(=O)C(CCCCCC)CCP(=O)(O)O. The zero-order valence-corrected chi connectivity index (χ0v) is 15.0. The molecule has 0 rings (SSSR count). The summed E-state index contributed by atoms with van der Waals surface area (Å²) in [5.41, 5.74) is 0. The number of carbonyl (C=O) groups is 1. The predicted octanol–water partition coefficient (Wildman–Crippen LogP) is 4.26. The fourth-order valence-electron chi connectivity index (χ4n) is 2.34.